The van der Waals surface area contributed by atoms with Crippen LogP contribution in [0.3, 0.4) is 0 Å². The number of aryl methyl sites for hydroxylation is 3. The smallest absolute Gasteiger partial charge is 0.386 e. The van der Waals surface area contributed by atoms with Crippen LogP contribution in [0.25, 0.3) is 0 Å². The molecular formula is C57H93O4P. The highest BCUT2D eigenvalue weighted by atomic mass is 31.2. The van der Waals surface area contributed by atoms with Gasteiger partial charge in [-0.05, 0) is 221 Å². The molecule has 0 bridgehead atoms. The summed E-state index contributed by atoms with van der Waals surface area (Å²) >= 11 is 0. The molecule has 3 aromatic carbocycles. The van der Waals surface area contributed by atoms with Crippen molar-refractivity contribution in [2.24, 2.45) is 0 Å². The molecule has 0 aliphatic carbocycles. The first-order valence-electron chi connectivity index (χ1n) is 26.1. The van der Waals surface area contributed by atoms with Crippen molar-refractivity contribution >= 4 is 7.82 Å². The molecule has 0 aliphatic heterocycles. The number of phosphoric ester groups is 1. The van der Waals surface area contributed by atoms with E-state index in [0.717, 1.165) is 190 Å². The van der Waals surface area contributed by atoms with Crippen molar-refractivity contribution in [1.29, 1.82) is 0 Å². The lowest BCUT2D eigenvalue weighted by Crippen LogP contribution is -2.14. The molecule has 0 saturated heterocycles. The number of benzene rings is 3. The normalized spacial score (nSPS) is 11.7. The third-order valence-electron chi connectivity index (χ3n) is 13.3. The van der Waals surface area contributed by atoms with Crippen LogP contribution in [0.15, 0.2) is 18.2 Å². The van der Waals surface area contributed by atoms with E-state index >= 15 is 4.57 Å². The van der Waals surface area contributed by atoms with Gasteiger partial charge in [-0.3, -0.25) is 0 Å². The van der Waals surface area contributed by atoms with Crippen LogP contribution in [0.1, 0.15) is 245 Å². The van der Waals surface area contributed by atoms with Crippen molar-refractivity contribution in [2.75, 3.05) is 0 Å². The average Bonchev–Trinajstić information content (AvgIpc) is 3.26. The molecule has 4 nitrogen and oxygen atoms in total. The molecule has 0 fully saturated rings. The molecule has 0 atom stereocenters. The highest BCUT2D eigenvalue weighted by Gasteiger charge is 2.37. The standard InChI is InChI=1S/C57H93O4P/c1-13-22-31-46-40-55(43(10)49(34-25-16-4)52(46)37-28-19-7)59-62(58,60-56-41-47(32-23-14-2)53(38-29-20-8)50(44(56)11)35-26-17-5)61-57-42-48(33-24-15-3)54(39-30-21-9)51(45(57)12)36-27-18-6/h40-42H,13-39H2,1-12H3. The number of phosphoric acid groups is 1. The van der Waals surface area contributed by atoms with Crippen molar-refractivity contribution in [2.45, 2.75) is 256 Å². The van der Waals surface area contributed by atoms with Gasteiger partial charge >= 0.3 is 7.82 Å². The molecule has 0 unspecified atom stereocenters. The van der Waals surface area contributed by atoms with Gasteiger partial charge in [-0.1, -0.05) is 120 Å². The summed E-state index contributed by atoms with van der Waals surface area (Å²) in [6.07, 6.45) is 29.4. The molecule has 62 heavy (non-hydrogen) atoms. The molecule has 0 heterocycles. The highest BCUT2D eigenvalue weighted by molar-refractivity contribution is 7.49. The molecule has 0 aliphatic rings. The molecule has 3 aromatic rings. The van der Waals surface area contributed by atoms with Gasteiger partial charge in [0.25, 0.3) is 0 Å². The quantitative estimate of drug-likeness (QED) is 0.0572. The van der Waals surface area contributed by atoms with Crippen LogP contribution < -0.4 is 13.6 Å². The van der Waals surface area contributed by atoms with Crippen molar-refractivity contribution in [3.63, 3.8) is 0 Å². The lowest BCUT2D eigenvalue weighted by molar-refractivity contribution is 0.295. The Bertz CT molecular complexity index is 1610. The minimum Gasteiger partial charge on any atom is -0.386 e. The number of hydrogen-bond acceptors (Lipinski definition) is 4. The molecule has 5 heteroatoms. The fourth-order valence-corrected chi connectivity index (χ4v) is 10.7. The van der Waals surface area contributed by atoms with Crippen molar-refractivity contribution < 1.29 is 18.1 Å². The van der Waals surface area contributed by atoms with Gasteiger partial charge in [-0.2, -0.15) is 4.57 Å². The van der Waals surface area contributed by atoms with E-state index in [2.05, 4.69) is 101 Å². The van der Waals surface area contributed by atoms with Gasteiger partial charge in [0, 0.05) is 0 Å². The van der Waals surface area contributed by atoms with E-state index in [-0.39, 0.29) is 0 Å². The van der Waals surface area contributed by atoms with Gasteiger partial charge in [0.2, 0.25) is 0 Å². The Kier molecular flexibility index (Phi) is 25.0. The predicted octanol–water partition coefficient (Wildman–Crippen LogP) is 18.3. The average molecular weight is 873 g/mol. The SMILES string of the molecule is CCCCc1cc(OP(=O)(Oc2cc(CCCC)c(CCCC)c(CCCC)c2C)Oc2cc(CCCC)c(CCCC)c(CCCC)c2C)c(C)c(CCCC)c1CCCC. The summed E-state index contributed by atoms with van der Waals surface area (Å²) in [5, 5.41) is 0. The molecule has 350 valence electrons. The largest absolute Gasteiger partial charge is 0.647 e. The van der Waals surface area contributed by atoms with Crippen molar-refractivity contribution in [1.82, 2.24) is 0 Å². The maximum Gasteiger partial charge on any atom is 0.647 e. The Balaban J connectivity index is 2.45. The molecule has 0 amide bonds. The molecule has 0 N–H and O–H groups in total. The monoisotopic (exact) mass is 873 g/mol. The zero-order valence-corrected chi connectivity index (χ0v) is 43.3. The van der Waals surface area contributed by atoms with Crippen LogP contribution in [0.4, 0.5) is 0 Å². The van der Waals surface area contributed by atoms with Crippen LogP contribution in [0.2, 0.25) is 0 Å². The second-order valence-corrected chi connectivity index (χ2v) is 19.9. The zero-order valence-electron chi connectivity index (χ0n) is 42.4. The third-order valence-corrected chi connectivity index (χ3v) is 14.6. The van der Waals surface area contributed by atoms with Gasteiger partial charge in [0.05, 0.1) is 0 Å². The molecule has 0 saturated carbocycles. The van der Waals surface area contributed by atoms with Gasteiger partial charge in [0.1, 0.15) is 17.2 Å². The van der Waals surface area contributed by atoms with Gasteiger partial charge in [0.15, 0.2) is 0 Å². The molecule has 0 spiro atoms. The summed E-state index contributed by atoms with van der Waals surface area (Å²) in [5.74, 6) is 1.94. The minimum absolute atomic E-state index is 0.648. The number of unbranched alkanes of at least 4 members (excludes halogenated alkanes) is 9. The summed E-state index contributed by atoms with van der Waals surface area (Å²) < 4.78 is 37.3. The van der Waals surface area contributed by atoms with Crippen LogP contribution in [-0.2, 0) is 62.4 Å². The summed E-state index contributed by atoms with van der Waals surface area (Å²) in [4.78, 5) is 0. The third kappa shape index (κ3) is 15.5. The zero-order chi connectivity index (χ0) is 45.5. The Hall–Kier alpha value is -2.71. The van der Waals surface area contributed by atoms with E-state index in [4.69, 9.17) is 13.6 Å². The van der Waals surface area contributed by atoms with E-state index in [0.29, 0.717) is 17.2 Å². The predicted molar refractivity (Wildman–Crippen MR) is 271 cm³/mol. The van der Waals surface area contributed by atoms with E-state index < -0.39 is 7.82 Å². The first-order chi connectivity index (χ1) is 30.0. The molecule has 0 radical (unpaired) electrons. The van der Waals surface area contributed by atoms with E-state index in [9.17, 15) is 0 Å². The van der Waals surface area contributed by atoms with Gasteiger partial charge < -0.3 is 13.6 Å². The van der Waals surface area contributed by atoms with Gasteiger partial charge in [-0.25, -0.2) is 0 Å². The Morgan fingerprint density at radius 2 is 0.516 bits per heavy atom. The lowest BCUT2D eigenvalue weighted by atomic mass is 9.87. The Morgan fingerprint density at radius 1 is 0.323 bits per heavy atom. The lowest BCUT2D eigenvalue weighted by Gasteiger charge is -2.27. The Morgan fingerprint density at radius 3 is 0.726 bits per heavy atom. The minimum atomic E-state index is -4.35. The summed E-state index contributed by atoms with van der Waals surface area (Å²) in [5.41, 5.74) is 15.8. The molecule has 0 aromatic heterocycles. The number of hydrogen-bond donors (Lipinski definition) is 0. The summed E-state index contributed by atoms with van der Waals surface area (Å²) in [7, 11) is -4.35. The van der Waals surface area contributed by atoms with Crippen molar-refractivity contribution in [3.05, 3.63) is 85.0 Å². The summed E-state index contributed by atoms with van der Waals surface area (Å²) in [6.45, 7) is 27.0. The fourth-order valence-electron chi connectivity index (χ4n) is 9.31. The van der Waals surface area contributed by atoms with Crippen LogP contribution in [-0.4, -0.2) is 0 Å². The molecular weight excluding hydrogens is 780 g/mol. The summed E-state index contributed by atoms with van der Waals surface area (Å²) in [6, 6.07) is 6.64. The van der Waals surface area contributed by atoms with E-state index in [1.165, 1.54) is 50.1 Å². The Labute approximate surface area is 383 Å². The highest BCUT2D eigenvalue weighted by Crippen LogP contribution is 2.54. The fraction of sp³-hybridized carbons (Fsp3) is 0.684. The second kappa shape index (κ2) is 29.0. The first-order valence-corrected chi connectivity index (χ1v) is 27.6. The maximum atomic E-state index is 16.2. The first kappa shape index (κ1) is 53.6. The van der Waals surface area contributed by atoms with Crippen LogP contribution >= 0.6 is 7.82 Å². The second-order valence-electron chi connectivity index (χ2n) is 18.5. The topological polar surface area (TPSA) is 44.8 Å². The van der Waals surface area contributed by atoms with Crippen LogP contribution in [0, 0.1) is 20.8 Å². The number of rotatable bonds is 33. The maximum absolute atomic E-state index is 16.2. The van der Waals surface area contributed by atoms with Crippen molar-refractivity contribution in [3.8, 4) is 17.2 Å². The molecule has 3 rings (SSSR count). The van der Waals surface area contributed by atoms with E-state index in [1.807, 2.05) is 0 Å². The van der Waals surface area contributed by atoms with Crippen LogP contribution in [0.5, 0.6) is 17.2 Å². The van der Waals surface area contributed by atoms with E-state index in [1.54, 1.807) is 0 Å². The van der Waals surface area contributed by atoms with Gasteiger partial charge in [-0.15, -0.1) is 0 Å².